The Bertz CT molecular complexity index is 705. The lowest BCUT2D eigenvalue weighted by Crippen LogP contribution is -2.03. The van der Waals surface area contributed by atoms with Crippen molar-refractivity contribution in [3.05, 3.63) is 29.5 Å². The molecule has 0 bridgehead atoms. The van der Waals surface area contributed by atoms with Crippen LogP contribution in [0.25, 0.3) is 11.3 Å². The number of aromatic carboxylic acids is 2. The van der Waals surface area contributed by atoms with Gasteiger partial charge in [0.05, 0.1) is 14.2 Å². The Morgan fingerprint density at radius 1 is 1.10 bits per heavy atom. The van der Waals surface area contributed by atoms with Gasteiger partial charge in [-0.25, -0.2) is 9.59 Å². The number of rotatable bonds is 5. The molecule has 0 saturated carbocycles. The maximum atomic E-state index is 11.3. The lowest BCUT2D eigenvalue weighted by atomic mass is 10.1. The quantitative estimate of drug-likeness (QED) is 0.855. The number of hydrogen-bond acceptors (Lipinski definition) is 6. The van der Waals surface area contributed by atoms with E-state index in [1.54, 1.807) is 0 Å². The van der Waals surface area contributed by atoms with Gasteiger partial charge in [0.25, 0.3) is 0 Å². The second-order valence-electron chi connectivity index (χ2n) is 3.95. The number of nitrogens with zero attached hydrogens (tertiary/aromatic N) is 1. The van der Waals surface area contributed by atoms with E-state index in [9.17, 15) is 14.7 Å². The molecule has 0 fully saturated rings. The standard InChI is InChI=1S/C13H11NO7/c1-19-10-4-6(3-7(12(15)16)11(10)20-2)9-5-8(13(17)18)14-21-9/h3-5H,1-2H3,(H,15,16)(H,17,18). The maximum absolute atomic E-state index is 11.3. The summed E-state index contributed by atoms with van der Waals surface area (Å²) in [5.41, 5.74) is -0.109. The Morgan fingerprint density at radius 2 is 1.81 bits per heavy atom. The zero-order chi connectivity index (χ0) is 15.6. The molecule has 1 aromatic carbocycles. The molecule has 1 heterocycles. The lowest BCUT2D eigenvalue weighted by Gasteiger charge is -2.11. The van der Waals surface area contributed by atoms with Crippen LogP contribution in [0.15, 0.2) is 22.7 Å². The van der Waals surface area contributed by atoms with Crippen LogP contribution in [0, 0.1) is 0 Å². The number of ether oxygens (including phenoxy) is 2. The van der Waals surface area contributed by atoms with Gasteiger partial charge in [0.1, 0.15) is 5.56 Å². The van der Waals surface area contributed by atoms with E-state index in [4.69, 9.17) is 19.1 Å². The smallest absolute Gasteiger partial charge is 0.358 e. The summed E-state index contributed by atoms with van der Waals surface area (Å²) in [4.78, 5) is 22.1. The Morgan fingerprint density at radius 3 is 2.29 bits per heavy atom. The molecule has 1 aromatic heterocycles. The predicted molar refractivity (Wildman–Crippen MR) is 69.0 cm³/mol. The molecule has 0 aliphatic carbocycles. The van der Waals surface area contributed by atoms with Crippen LogP contribution in [0.4, 0.5) is 0 Å². The number of aromatic nitrogens is 1. The van der Waals surface area contributed by atoms with Crippen molar-refractivity contribution in [2.24, 2.45) is 0 Å². The van der Waals surface area contributed by atoms with Gasteiger partial charge in [0.15, 0.2) is 23.0 Å². The number of methoxy groups -OCH3 is 2. The van der Waals surface area contributed by atoms with Gasteiger partial charge < -0.3 is 24.2 Å². The minimum Gasteiger partial charge on any atom is -0.493 e. The van der Waals surface area contributed by atoms with Gasteiger partial charge in [-0.15, -0.1) is 0 Å². The third-order valence-corrected chi connectivity index (χ3v) is 2.72. The topological polar surface area (TPSA) is 119 Å². The van der Waals surface area contributed by atoms with E-state index in [0.717, 1.165) is 0 Å². The fraction of sp³-hybridized carbons (Fsp3) is 0.154. The monoisotopic (exact) mass is 293 g/mol. The first-order valence-corrected chi connectivity index (χ1v) is 5.67. The van der Waals surface area contributed by atoms with Gasteiger partial charge >= 0.3 is 11.9 Å². The first kappa shape index (κ1) is 14.4. The SMILES string of the molecule is COc1cc(-c2cc(C(=O)O)no2)cc(C(=O)O)c1OC. The summed E-state index contributed by atoms with van der Waals surface area (Å²) in [5, 5.41) is 21.4. The lowest BCUT2D eigenvalue weighted by molar-refractivity contribution is 0.0678. The maximum Gasteiger partial charge on any atom is 0.358 e. The molecule has 2 N–H and O–H groups in total. The molecule has 0 amide bonds. The summed E-state index contributed by atoms with van der Waals surface area (Å²) in [6.45, 7) is 0. The summed E-state index contributed by atoms with van der Waals surface area (Å²) in [5.74, 6) is -2.11. The Hall–Kier alpha value is -3.03. The molecule has 0 radical (unpaired) electrons. The molecule has 21 heavy (non-hydrogen) atoms. The number of hydrogen-bond donors (Lipinski definition) is 2. The van der Waals surface area contributed by atoms with Crippen molar-refractivity contribution in [1.82, 2.24) is 5.16 Å². The molecule has 0 saturated heterocycles. The number of carbonyl (C=O) groups is 2. The molecule has 8 nitrogen and oxygen atoms in total. The molecule has 2 aromatic rings. The molecular weight excluding hydrogens is 282 g/mol. The molecule has 8 heteroatoms. The van der Waals surface area contributed by atoms with Crippen molar-refractivity contribution in [2.75, 3.05) is 14.2 Å². The van der Waals surface area contributed by atoms with Crippen LogP contribution in [0.1, 0.15) is 20.8 Å². The second kappa shape index (κ2) is 5.53. The van der Waals surface area contributed by atoms with Gasteiger partial charge in [-0.2, -0.15) is 0 Å². The molecule has 110 valence electrons. The van der Waals surface area contributed by atoms with E-state index >= 15 is 0 Å². The van der Waals surface area contributed by atoms with E-state index in [1.807, 2.05) is 0 Å². The van der Waals surface area contributed by atoms with Crippen LogP contribution in [0.5, 0.6) is 11.5 Å². The Labute approximate surface area is 118 Å². The van der Waals surface area contributed by atoms with E-state index in [1.165, 1.54) is 32.4 Å². The van der Waals surface area contributed by atoms with Gasteiger partial charge in [0.2, 0.25) is 0 Å². The summed E-state index contributed by atoms with van der Waals surface area (Å²) < 4.78 is 15.0. The van der Waals surface area contributed by atoms with Crippen LogP contribution >= 0.6 is 0 Å². The third-order valence-electron chi connectivity index (χ3n) is 2.72. The van der Waals surface area contributed by atoms with Gasteiger partial charge in [-0.1, -0.05) is 5.16 Å². The largest absolute Gasteiger partial charge is 0.493 e. The fourth-order valence-corrected chi connectivity index (χ4v) is 1.78. The van der Waals surface area contributed by atoms with E-state index in [0.29, 0.717) is 5.56 Å². The number of benzene rings is 1. The zero-order valence-corrected chi connectivity index (χ0v) is 11.1. The predicted octanol–water partition coefficient (Wildman–Crippen LogP) is 1.76. The highest BCUT2D eigenvalue weighted by Gasteiger charge is 2.21. The molecule has 0 aliphatic rings. The minimum absolute atomic E-state index is 0.0618. The van der Waals surface area contributed by atoms with Gasteiger partial charge in [0, 0.05) is 11.6 Å². The fourth-order valence-electron chi connectivity index (χ4n) is 1.78. The Kier molecular flexibility index (Phi) is 3.79. The third kappa shape index (κ3) is 2.64. The highest BCUT2D eigenvalue weighted by molar-refractivity contribution is 5.94. The average molecular weight is 293 g/mol. The molecule has 2 rings (SSSR count). The summed E-state index contributed by atoms with van der Waals surface area (Å²) in [6.07, 6.45) is 0. The minimum atomic E-state index is -1.25. The van der Waals surface area contributed by atoms with Gasteiger partial charge in [-0.05, 0) is 12.1 Å². The first-order valence-electron chi connectivity index (χ1n) is 5.67. The number of carboxylic acid groups (broad SMARTS) is 2. The van der Waals surface area contributed by atoms with Crippen LogP contribution < -0.4 is 9.47 Å². The van der Waals surface area contributed by atoms with E-state index in [2.05, 4.69) is 5.16 Å². The highest BCUT2D eigenvalue weighted by atomic mass is 16.5. The summed E-state index contributed by atoms with van der Waals surface area (Å²) in [6, 6.07) is 3.95. The second-order valence-corrected chi connectivity index (χ2v) is 3.95. The van der Waals surface area contributed by atoms with Crippen molar-refractivity contribution < 1.29 is 33.8 Å². The molecule has 0 unspecified atom stereocenters. The average Bonchev–Trinajstić information content (AvgIpc) is 2.95. The molecule has 0 aliphatic heterocycles. The van der Waals surface area contributed by atoms with E-state index < -0.39 is 11.9 Å². The highest BCUT2D eigenvalue weighted by Crippen LogP contribution is 2.36. The number of carboxylic acids is 2. The van der Waals surface area contributed by atoms with Crippen LogP contribution in [-0.2, 0) is 0 Å². The van der Waals surface area contributed by atoms with Crippen molar-refractivity contribution in [2.45, 2.75) is 0 Å². The van der Waals surface area contributed by atoms with Crippen molar-refractivity contribution >= 4 is 11.9 Å². The Balaban J connectivity index is 2.60. The normalized spacial score (nSPS) is 10.2. The van der Waals surface area contributed by atoms with E-state index in [-0.39, 0.29) is 28.5 Å². The summed E-state index contributed by atoms with van der Waals surface area (Å²) in [7, 11) is 2.68. The van der Waals surface area contributed by atoms with Crippen LogP contribution in [-0.4, -0.2) is 41.5 Å². The van der Waals surface area contributed by atoms with Crippen LogP contribution in [0.2, 0.25) is 0 Å². The van der Waals surface area contributed by atoms with Crippen molar-refractivity contribution in [3.63, 3.8) is 0 Å². The first-order chi connectivity index (χ1) is 9.97. The van der Waals surface area contributed by atoms with Crippen molar-refractivity contribution in [3.8, 4) is 22.8 Å². The molecule has 0 atom stereocenters. The summed E-state index contributed by atoms with van der Waals surface area (Å²) >= 11 is 0. The molecular formula is C13H11NO7. The van der Waals surface area contributed by atoms with Gasteiger partial charge in [-0.3, -0.25) is 0 Å². The molecule has 0 spiro atoms. The zero-order valence-electron chi connectivity index (χ0n) is 11.1. The van der Waals surface area contributed by atoms with Crippen LogP contribution in [0.3, 0.4) is 0 Å². The van der Waals surface area contributed by atoms with Crippen molar-refractivity contribution in [1.29, 1.82) is 0 Å².